The Kier molecular flexibility index (Phi) is 6.93. The first-order valence-electron chi connectivity index (χ1n) is 5.76. The van der Waals surface area contributed by atoms with Crippen LogP contribution >= 0.6 is 0 Å². The van der Waals surface area contributed by atoms with Gasteiger partial charge in [-0.1, -0.05) is 42.5 Å². The van der Waals surface area contributed by atoms with Crippen LogP contribution in [0.1, 0.15) is 23.7 Å². The number of aromatic hydroxyl groups is 1. The van der Waals surface area contributed by atoms with Gasteiger partial charge >= 0.3 is 0 Å². The van der Waals surface area contributed by atoms with Crippen molar-refractivity contribution in [2.45, 2.75) is 18.9 Å². The van der Waals surface area contributed by atoms with E-state index in [-0.39, 0.29) is 49.8 Å². The van der Waals surface area contributed by atoms with Crippen LogP contribution in [0.4, 0.5) is 0 Å². The average molecular weight is 455 g/mol. The molecule has 2 N–H and O–H groups in total. The van der Waals surface area contributed by atoms with E-state index in [1.807, 2.05) is 24.3 Å². The van der Waals surface area contributed by atoms with Gasteiger partial charge in [-0.25, -0.2) is 0 Å². The Bertz CT molecular complexity index is 471. The summed E-state index contributed by atoms with van der Waals surface area (Å²) >= 11 is 0. The zero-order chi connectivity index (χ0) is 12.1. The van der Waals surface area contributed by atoms with Crippen molar-refractivity contribution in [2.24, 2.45) is 0 Å². The average Bonchev–Trinajstić information content (AvgIpc) is 2.37. The summed E-state index contributed by atoms with van der Waals surface area (Å²) < 4.78 is 0. The second-order valence-corrected chi connectivity index (χ2v) is 4.14. The Morgan fingerprint density at radius 1 is 0.944 bits per heavy atom. The third-order valence-electron chi connectivity index (χ3n) is 2.80. The Morgan fingerprint density at radius 2 is 1.67 bits per heavy atom. The van der Waals surface area contributed by atoms with Gasteiger partial charge in [-0.15, -0.1) is 0 Å². The number of hydrogen-bond donors (Lipinski definition) is 2. The molecule has 0 saturated heterocycles. The van der Waals surface area contributed by atoms with Crippen molar-refractivity contribution in [1.82, 2.24) is 0 Å². The predicted octanol–water partition coefficient (Wildman–Crippen LogP) is 3.06. The maximum Gasteiger partial charge on any atom is 0.115 e. The summed E-state index contributed by atoms with van der Waals surface area (Å²) in [6.07, 6.45) is 0.966. The van der Waals surface area contributed by atoms with Crippen molar-refractivity contribution in [1.29, 1.82) is 0 Å². The van der Waals surface area contributed by atoms with E-state index in [1.54, 1.807) is 18.2 Å². The first-order chi connectivity index (χ1) is 8.25. The number of hydrogen-bond acceptors (Lipinski definition) is 2. The number of phenols is 1. The molecule has 1 unspecified atom stereocenters. The van der Waals surface area contributed by atoms with Crippen LogP contribution < -0.4 is 0 Å². The summed E-state index contributed by atoms with van der Waals surface area (Å²) in [5.41, 5.74) is 1.98. The molecular weight excluding hydrogens is 439 g/mol. The molecule has 0 amide bonds. The van der Waals surface area contributed by atoms with Crippen molar-refractivity contribution in [3.63, 3.8) is 0 Å². The van der Waals surface area contributed by atoms with Gasteiger partial charge in [0.2, 0.25) is 0 Å². The predicted molar refractivity (Wildman–Crippen MR) is 67.8 cm³/mol. The summed E-state index contributed by atoms with van der Waals surface area (Å²) in [6.45, 7) is 0. The molecule has 0 aliphatic carbocycles. The van der Waals surface area contributed by atoms with Gasteiger partial charge in [0.25, 0.3) is 0 Å². The minimum Gasteiger partial charge on any atom is -0.508 e. The number of rotatable bonds is 4. The molecule has 3 heteroatoms. The van der Waals surface area contributed by atoms with E-state index in [2.05, 4.69) is 12.1 Å². The van der Waals surface area contributed by atoms with Crippen LogP contribution in [-0.2, 0) is 6.42 Å². The zero-order valence-corrected chi connectivity index (χ0v) is 14.9. The van der Waals surface area contributed by atoms with E-state index in [4.69, 9.17) is 0 Å². The summed E-state index contributed by atoms with van der Waals surface area (Å²) in [5.74, 6) is 0.196. The summed E-state index contributed by atoms with van der Waals surface area (Å²) in [6, 6.07) is 16.9. The number of phenolic OH excluding ortho intramolecular Hbond substituents is 1. The Morgan fingerprint density at radius 3 is 2.33 bits per heavy atom. The maximum absolute atomic E-state index is 10.00. The second-order valence-electron chi connectivity index (χ2n) is 4.14. The van der Waals surface area contributed by atoms with Crippen LogP contribution in [-0.4, -0.2) is 10.2 Å². The molecule has 91 valence electrons. The monoisotopic (exact) mass is 455 g/mol. The maximum atomic E-state index is 10.00. The largest absolute Gasteiger partial charge is 0.508 e. The molecule has 2 aromatic carbocycles. The molecule has 2 aromatic rings. The molecule has 0 heterocycles. The standard InChI is InChI=1S/C15H16O2.Ac/c16-14-8-4-7-13(11-14)15(17)10-9-12-5-2-1-3-6-12;/h1-8,11,15-17H,9-10H2;. The van der Waals surface area contributed by atoms with Gasteiger partial charge in [-0.2, -0.15) is 0 Å². The summed E-state index contributed by atoms with van der Waals surface area (Å²) in [5, 5.41) is 19.3. The van der Waals surface area contributed by atoms with Crippen molar-refractivity contribution < 1.29 is 54.3 Å². The minimum absolute atomic E-state index is 0. The fraction of sp³-hybridized carbons (Fsp3) is 0.200. The van der Waals surface area contributed by atoms with Crippen molar-refractivity contribution in [2.75, 3.05) is 0 Å². The summed E-state index contributed by atoms with van der Waals surface area (Å²) in [7, 11) is 0. The van der Waals surface area contributed by atoms with E-state index >= 15 is 0 Å². The molecule has 0 aliphatic heterocycles. The van der Waals surface area contributed by atoms with E-state index in [0.717, 1.165) is 12.0 Å². The Balaban J connectivity index is 0.00000162. The van der Waals surface area contributed by atoms with E-state index in [1.165, 1.54) is 5.56 Å². The third kappa shape index (κ3) is 4.72. The van der Waals surface area contributed by atoms with Gasteiger partial charge in [0, 0.05) is 44.1 Å². The number of aliphatic hydroxyl groups is 1. The molecule has 0 saturated carbocycles. The van der Waals surface area contributed by atoms with Gasteiger partial charge in [-0.3, -0.25) is 0 Å². The van der Waals surface area contributed by atoms with Gasteiger partial charge in [0.15, 0.2) is 0 Å². The van der Waals surface area contributed by atoms with Gasteiger partial charge in [-0.05, 0) is 36.1 Å². The molecular formula is C15H16AcO2. The van der Waals surface area contributed by atoms with Crippen LogP contribution in [0.3, 0.4) is 0 Å². The molecule has 2 rings (SSSR count). The Hall–Kier alpha value is -0.358. The first kappa shape index (κ1) is 15.7. The zero-order valence-electron chi connectivity index (χ0n) is 10.2. The van der Waals surface area contributed by atoms with Crippen molar-refractivity contribution in [3.8, 4) is 5.75 Å². The second kappa shape index (κ2) is 7.94. The summed E-state index contributed by atoms with van der Waals surface area (Å²) in [4.78, 5) is 0. The number of aryl methyl sites for hydroxylation is 1. The quantitative estimate of drug-likeness (QED) is 0.745. The van der Waals surface area contributed by atoms with Crippen LogP contribution in [0.25, 0.3) is 0 Å². The molecule has 0 aromatic heterocycles. The first-order valence-corrected chi connectivity index (χ1v) is 5.76. The molecule has 0 bridgehead atoms. The van der Waals surface area contributed by atoms with E-state index < -0.39 is 6.10 Å². The van der Waals surface area contributed by atoms with Crippen LogP contribution in [0.15, 0.2) is 54.6 Å². The molecule has 2 nitrogen and oxygen atoms in total. The van der Waals surface area contributed by atoms with Crippen LogP contribution in [0.5, 0.6) is 5.75 Å². The number of aliphatic hydroxyl groups excluding tert-OH is 1. The topological polar surface area (TPSA) is 40.5 Å². The molecule has 0 aliphatic rings. The Labute approximate surface area is 143 Å². The molecule has 0 fully saturated rings. The third-order valence-corrected chi connectivity index (χ3v) is 2.80. The van der Waals surface area contributed by atoms with E-state index in [0.29, 0.717) is 6.42 Å². The molecule has 1 radical (unpaired) electrons. The van der Waals surface area contributed by atoms with Gasteiger partial charge in [0.05, 0.1) is 6.10 Å². The fourth-order valence-electron chi connectivity index (χ4n) is 1.85. The van der Waals surface area contributed by atoms with Crippen LogP contribution in [0.2, 0.25) is 0 Å². The molecule has 18 heavy (non-hydrogen) atoms. The number of benzene rings is 2. The normalized spacial score (nSPS) is 11.6. The van der Waals surface area contributed by atoms with Crippen LogP contribution in [0, 0.1) is 44.1 Å². The molecule has 1 atom stereocenters. The SMILES string of the molecule is Oc1cccc(C(O)CCc2ccccc2)c1.[Ac]. The molecule has 0 spiro atoms. The minimum atomic E-state index is -0.526. The van der Waals surface area contributed by atoms with Gasteiger partial charge < -0.3 is 10.2 Å². The van der Waals surface area contributed by atoms with Crippen molar-refractivity contribution >= 4 is 0 Å². The van der Waals surface area contributed by atoms with E-state index in [9.17, 15) is 10.2 Å². The van der Waals surface area contributed by atoms with Gasteiger partial charge in [0.1, 0.15) is 5.75 Å². The van der Waals surface area contributed by atoms with Crippen molar-refractivity contribution in [3.05, 3.63) is 65.7 Å². The smallest absolute Gasteiger partial charge is 0.115 e. The fourth-order valence-corrected chi connectivity index (χ4v) is 1.85.